The third-order valence-corrected chi connectivity index (χ3v) is 4.85. The molecule has 1 aliphatic heterocycles. The molecular formula is C24H27FN2O6. The van der Waals surface area contributed by atoms with E-state index >= 15 is 0 Å². The molecule has 8 nitrogen and oxygen atoms in total. The Morgan fingerprint density at radius 3 is 2.52 bits per heavy atom. The lowest BCUT2D eigenvalue weighted by Crippen LogP contribution is -2.45. The normalized spacial score (nSPS) is 14.5. The standard InChI is InChI=1S/C24H27FN2O6/c1-24(2,3)33-23(30)26-19(22(29)31-4)13-15-5-10-18-20(14-15)32-12-11-27(21(18)28)17-8-6-16(25)7-9-17/h5-10,14,19H,11-13H2,1-4H3,(H,26,30)/t19-/m0/s1. The van der Waals surface area contributed by atoms with Crippen LogP contribution in [-0.2, 0) is 20.7 Å². The third-order valence-electron chi connectivity index (χ3n) is 4.85. The van der Waals surface area contributed by atoms with E-state index in [0.717, 1.165) is 0 Å². The molecule has 2 aromatic carbocycles. The number of rotatable bonds is 5. The molecular weight excluding hydrogens is 431 g/mol. The lowest BCUT2D eigenvalue weighted by Gasteiger charge is -2.23. The van der Waals surface area contributed by atoms with E-state index in [1.165, 1.54) is 36.3 Å². The van der Waals surface area contributed by atoms with Crippen molar-refractivity contribution in [1.29, 1.82) is 0 Å². The van der Waals surface area contributed by atoms with Gasteiger partial charge in [0, 0.05) is 12.1 Å². The molecule has 9 heteroatoms. The van der Waals surface area contributed by atoms with Crippen LogP contribution in [0.4, 0.5) is 14.9 Å². The van der Waals surface area contributed by atoms with Crippen molar-refractivity contribution in [2.75, 3.05) is 25.2 Å². The number of alkyl carbamates (subject to hydrolysis) is 1. The van der Waals surface area contributed by atoms with Crippen molar-refractivity contribution in [2.45, 2.75) is 38.8 Å². The number of methoxy groups -OCH3 is 1. The number of carbonyl (C=O) groups excluding carboxylic acids is 3. The quantitative estimate of drug-likeness (QED) is 0.690. The second-order valence-corrected chi connectivity index (χ2v) is 8.54. The van der Waals surface area contributed by atoms with Gasteiger partial charge in [-0.2, -0.15) is 0 Å². The Kier molecular flexibility index (Phi) is 7.20. The van der Waals surface area contributed by atoms with E-state index in [9.17, 15) is 18.8 Å². The van der Waals surface area contributed by atoms with Crippen molar-refractivity contribution >= 4 is 23.7 Å². The molecule has 0 radical (unpaired) electrons. The van der Waals surface area contributed by atoms with Crippen LogP contribution in [0.15, 0.2) is 42.5 Å². The zero-order valence-electron chi connectivity index (χ0n) is 19.0. The van der Waals surface area contributed by atoms with Crippen LogP contribution in [0.3, 0.4) is 0 Å². The van der Waals surface area contributed by atoms with Crippen LogP contribution in [0.5, 0.6) is 5.75 Å². The molecule has 0 fully saturated rings. The zero-order chi connectivity index (χ0) is 24.2. The van der Waals surface area contributed by atoms with Gasteiger partial charge in [0.25, 0.3) is 5.91 Å². The van der Waals surface area contributed by atoms with Gasteiger partial charge in [0.2, 0.25) is 0 Å². The van der Waals surface area contributed by atoms with E-state index in [1.807, 2.05) is 0 Å². The first kappa shape index (κ1) is 24.0. The number of hydrogen-bond acceptors (Lipinski definition) is 6. The Morgan fingerprint density at radius 2 is 1.88 bits per heavy atom. The number of esters is 1. The van der Waals surface area contributed by atoms with Gasteiger partial charge >= 0.3 is 12.1 Å². The molecule has 2 aromatic rings. The summed E-state index contributed by atoms with van der Waals surface area (Å²) in [7, 11) is 1.23. The van der Waals surface area contributed by atoms with Crippen LogP contribution in [0, 0.1) is 5.82 Å². The Labute approximate surface area is 191 Å². The van der Waals surface area contributed by atoms with Gasteiger partial charge in [0.15, 0.2) is 0 Å². The summed E-state index contributed by atoms with van der Waals surface area (Å²) in [6, 6.07) is 9.63. The summed E-state index contributed by atoms with van der Waals surface area (Å²) in [5.74, 6) is -0.933. The minimum absolute atomic E-state index is 0.110. The summed E-state index contributed by atoms with van der Waals surface area (Å²) in [4.78, 5) is 39.0. The predicted octanol–water partition coefficient (Wildman–Crippen LogP) is 3.47. The fourth-order valence-electron chi connectivity index (χ4n) is 3.37. The molecule has 0 saturated carbocycles. The second kappa shape index (κ2) is 9.89. The highest BCUT2D eigenvalue weighted by molar-refractivity contribution is 6.08. The van der Waals surface area contributed by atoms with Gasteiger partial charge in [-0.15, -0.1) is 0 Å². The van der Waals surface area contributed by atoms with Crippen molar-refractivity contribution in [3.8, 4) is 5.75 Å². The van der Waals surface area contributed by atoms with Gasteiger partial charge in [-0.3, -0.25) is 4.79 Å². The molecule has 3 rings (SSSR count). The smallest absolute Gasteiger partial charge is 0.408 e. The number of ether oxygens (including phenoxy) is 3. The molecule has 1 heterocycles. The first-order valence-corrected chi connectivity index (χ1v) is 10.5. The van der Waals surface area contributed by atoms with Crippen molar-refractivity contribution in [3.05, 3.63) is 59.4 Å². The number of anilines is 1. The average molecular weight is 458 g/mol. The summed E-state index contributed by atoms with van der Waals surface area (Å²) < 4.78 is 29.1. The van der Waals surface area contributed by atoms with Gasteiger partial charge in [-0.1, -0.05) is 6.07 Å². The van der Waals surface area contributed by atoms with Crippen molar-refractivity contribution in [3.63, 3.8) is 0 Å². The van der Waals surface area contributed by atoms with Gasteiger partial charge in [0.05, 0.1) is 19.2 Å². The minimum Gasteiger partial charge on any atom is -0.491 e. The van der Waals surface area contributed by atoms with Gasteiger partial charge < -0.3 is 24.4 Å². The summed E-state index contributed by atoms with van der Waals surface area (Å²) in [6.07, 6.45) is -0.632. The fourth-order valence-corrected chi connectivity index (χ4v) is 3.37. The number of fused-ring (bicyclic) bond motifs is 1. The lowest BCUT2D eigenvalue weighted by atomic mass is 10.0. The highest BCUT2D eigenvalue weighted by Gasteiger charge is 2.28. The molecule has 176 valence electrons. The number of amides is 2. The Bertz CT molecular complexity index is 1030. The van der Waals surface area contributed by atoms with Crippen molar-refractivity contribution in [2.24, 2.45) is 0 Å². The maximum atomic E-state index is 13.3. The van der Waals surface area contributed by atoms with E-state index < -0.39 is 23.7 Å². The second-order valence-electron chi connectivity index (χ2n) is 8.54. The molecule has 0 bridgehead atoms. The molecule has 1 N–H and O–H groups in total. The average Bonchev–Trinajstić information content (AvgIpc) is 2.90. The summed E-state index contributed by atoms with van der Waals surface area (Å²) in [5, 5.41) is 2.52. The topological polar surface area (TPSA) is 94.2 Å². The molecule has 0 spiro atoms. The molecule has 1 atom stereocenters. The number of hydrogen-bond donors (Lipinski definition) is 1. The van der Waals surface area contributed by atoms with Crippen LogP contribution >= 0.6 is 0 Å². The van der Waals surface area contributed by atoms with E-state index in [4.69, 9.17) is 14.2 Å². The fraction of sp³-hybridized carbons (Fsp3) is 0.375. The van der Waals surface area contributed by atoms with Crippen LogP contribution in [0.25, 0.3) is 0 Å². The molecule has 0 aromatic heterocycles. The van der Waals surface area contributed by atoms with Gasteiger partial charge in [-0.25, -0.2) is 14.0 Å². The first-order chi connectivity index (χ1) is 15.6. The summed E-state index contributed by atoms with van der Waals surface area (Å²) in [5.41, 5.74) is 0.840. The number of nitrogens with zero attached hydrogens (tertiary/aromatic N) is 1. The van der Waals surface area contributed by atoms with Crippen molar-refractivity contribution < 1.29 is 33.0 Å². The van der Waals surface area contributed by atoms with E-state index in [-0.39, 0.29) is 24.8 Å². The maximum absolute atomic E-state index is 13.3. The molecule has 0 aliphatic carbocycles. The SMILES string of the molecule is COC(=O)[C@H](Cc1ccc2c(c1)OCCN(c1ccc(F)cc1)C2=O)NC(=O)OC(C)(C)C. The number of benzene rings is 2. The largest absolute Gasteiger partial charge is 0.491 e. The van der Waals surface area contributed by atoms with Crippen LogP contribution in [0.1, 0.15) is 36.7 Å². The lowest BCUT2D eigenvalue weighted by molar-refractivity contribution is -0.143. The Morgan fingerprint density at radius 1 is 1.18 bits per heavy atom. The summed E-state index contributed by atoms with van der Waals surface area (Å²) in [6.45, 7) is 5.68. The van der Waals surface area contributed by atoms with E-state index in [0.29, 0.717) is 29.1 Å². The van der Waals surface area contributed by atoms with E-state index in [1.54, 1.807) is 39.0 Å². The number of nitrogens with one attached hydrogen (secondary N) is 1. The Balaban J connectivity index is 1.80. The zero-order valence-corrected chi connectivity index (χ0v) is 19.0. The highest BCUT2D eigenvalue weighted by Crippen LogP contribution is 2.28. The monoisotopic (exact) mass is 458 g/mol. The molecule has 0 saturated heterocycles. The Hall–Kier alpha value is -3.62. The van der Waals surface area contributed by atoms with Gasteiger partial charge in [-0.05, 0) is 62.7 Å². The van der Waals surface area contributed by atoms with E-state index in [2.05, 4.69) is 5.32 Å². The van der Waals surface area contributed by atoms with Gasteiger partial charge in [0.1, 0.15) is 29.8 Å². The van der Waals surface area contributed by atoms with Crippen LogP contribution < -0.4 is 15.0 Å². The maximum Gasteiger partial charge on any atom is 0.408 e. The summed E-state index contributed by atoms with van der Waals surface area (Å²) >= 11 is 0. The van der Waals surface area contributed by atoms with Crippen molar-refractivity contribution in [1.82, 2.24) is 5.32 Å². The predicted molar refractivity (Wildman–Crippen MR) is 119 cm³/mol. The molecule has 2 amide bonds. The number of halogens is 1. The molecule has 33 heavy (non-hydrogen) atoms. The highest BCUT2D eigenvalue weighted by atomic mass is 19.1. The third kappa shape index (κ3) is 6.21. The minimum atomic E-state index is -0.986. The molecule has 1 aliphatic rings. The molecule has 0 unspecified atom stereocenters. The van der Waals surface area contributed by atoms with Crippen LogP contribution in [0.2, 0.25) is 0 Å². The number of carbonyl (C=O) groups is 3. The first-order valence-electron chi connectivity index (χ1n) is 10.5. The van der Waals surface area contributed by atoms with Crippen LogP contribution in [-0.4, -0.2) is 49.9 Å².